The lowest BCUT2D eigenvalue weighted by atomic mass is 9.77. The van der Waals surface area contributed by atoms with Gasteiger partial charge in [-0.15, -0.1) is 0 Å². The first-order valence-electron chi connectivity index (χ1n) is 10.1. The van der Waals surface area contributed by atoms with Crippen LogP contribution in [0.2, 0.25) is 5.02 Å². The van der Waals surface area contributed by atoms with Gasteiger partial charge in [-0.1, -0.05) is 23.7 Å². The van der Waals surface area contributed by atoms with Crippen LogP contribution in [0.25, 0.3) is 0 Å². The minimum atomic E-state index is -1.24. The second-order valence-electron chi connectivity index (χ2n) is 7.96. The highest BCUT2D eigenvalue weighted by atomic mass is 35.5. The molecule has 1 aliphatic carbocycles. The van der Waals surface area contributed by atoms with Gasteiger partial charge >= 0.3 is 5.70 Å². The number of benzene rings is 1. The van der Waals surface area contributed by atoms with Crippen molar-refractivity contribution in [1.82, 2.24) is 10.6 Å². The summed E-state index contributed by atoms with van der Waals surface area (Å²) in [5.74, 6) is 1.34. The number of nitrogens with one attached hydrogen (secondary N) is 2. The highest BCUT2D eigenvalue weighted by molar-refractivity contribution is 6.30. The van der Waals surface area contributed by atoms with Gasteiger partial charge in [-0.05, 0) is 74.6 Å². The number of halogens is 1. The summed E-state index contributed by atoms with van der Waals surface area (Å²) < 4.78 is 0. The van der Waals surface area contributed by atoms with Crippen molar-refractivity contribution in [1.29, 1.82) is 0 Å². The summed E-state index contributed by atoms with van der Waals surface area (Å²) in [6, 6.07) is 7.61. The molecular formula is C20H29ClN6O2. The zero-order valence-electron chi connectivity index (χ0n) is 16.4. The van der Waals surface area contributed by atoms with E-state index in [1.165, 1.54) is 6.20 Å². The second kappa shape index (κ2) is 9.56. The number of nitrogens with two attached hydrogens (primary N) is 2. The molecule has 1 aliphatic heterocycles. The fourth-order valence-corrected chi connectivity index (χ4v) is 4.23. The molecule has 1 heterocycles. The first-order chi connectivity index (χ1) is 13.9. The summed E-state index contributed by atoms with van der Waals surface area (Å²) in [5, 5.41) is 18.2. The molecule has 1 unspecified atom stereocenters. The fourth-order valence-electron chi connectivity index (χ4n) is 4.11. The maximum atomic E-state index is 11.6. The molecule has 6 N–H and O–H groups in total. The van der Waals surface area contributed by atoms with Gasteiger partial charge in [0.15, 0.2) is 11.6 Å². The number of nitrogens with zero attached hydrogens (tertiary/aromatic N) is 2. The minimum absolute atomic E-state index is 0.0601. The molecule has 29 heavy (non-hydrogen) atoms. The van der Waals surface area contributed by atoms with Crippen molar-refractivity contribution < 1.29 is 4.92 Å². The fraction of sp³-hybridized carbons (Fsp3) is 0.550. The molecule has 1 aromatic carbocycles. The molecule has 0 aromatic heterocycles. The lowest BCUT2D eigenvalue weighted by molar-refractivity contribution is -0.437. The lowest BCUT2D eigenvalue weighted by Gasteiger charge is -2.37. The average molecular weight is 421 g/mol. The number of aliphatic imine (C=N–C) groups is 1. The van der Waals surface area contributed by atoms with Gasteiger partial charge in [0.2, 0.25) is 0 Å². The Balaban J connectivity index is 1.64. The predicted molar refractivity (Wildman–Crippen MR) is 115 cm³/mol. The van der Waals surface area contributed by atoms with E-state index in [1.807, 2.05) is 24.3 Å². The van der Waals surface area contributed by atoms with Crippen molar-refractivity contribution in [3.05, 3.63) is 56.9 Å². The van der Waals surface area contributed by atoms with Crippen molar-refractivity contribution in [2.75, 3.05) is 13.1 Å². The van der Waals surface area contributed by atoms with E-state index in [0.717, 1.165) is 37.7 Å². The van der Waals surface area contributed by atoms with Gasteiger partial charge in [-0.3, -0.25) is 20.8 Å². The van der Waals surface area contributed by atoms with Gasteiger partial charge in [0.1, 0.15) is 0 Å². The van der Waals surface area contributed by atoms with Crippen molar-refractivity contribution in [2.24, 2.45) is 28.3 Å². The lowest BCUT2D eigenvalue weighted by Crippen LogP contribution is -2.64. The van der Waals surface area contributed by atoms with Crippen molar-refractivity contribution in [2.45, 2.75) is 44.2 Å². The number of guanidine groups is 1. The summed E-state index contributed by atoms with van der Waals surface area (Å²) >= 11 is 5.91. The van der Waals surface area contributed by atoms with E-state index in [0.29, 0.717) is 42.3 Å². The van der Waals surface area contributed by atoms with Crippen LogP contribution in [0.1, 0.15) is 37.7 Å². The van der Waals surface area contributed by atoms with Crippen LogP contribution in [0.3, 0.4) is 0 Å². The standard InChI is InChI=1S/C20H29ClN6O2/c21-17-7-5-14(6-8-17)9-10-24-19-25-13-18(27(28)29)20(23,26-19)11-15-1-3-16(12-22)4-2-15/h5-8,13,15-16H,1-4,9-12,22-23H2,(H2,24,25,26). The monoisotopic (exact) mass is 420 g/mol. The molecule has 2 aliphatic rings. The van der Waals surface area contributed by atoms with Crippen LogP contribution in [0.15, 0.2) is 41.2 Å². The normalized spacial score (nSPS) is 28.4. The third-order valence-corrected chi connectivity index (χ3v) is 6.09. The van der Waals surface area contributed by atoms with E-state index < -0.39 is 10.6 Å². The summed E-state index contributed by atoms with van der Waals surface area (Å²) in [5.41, 5.74) is 12.1. The van der Waals surface area contributed by atoms with E-state index in [1.54, 1.807) is 0 Å². The van der Waals surface area contributed by atoms with Crippen molar-refractivity contribution >= 4 is 17.6 Å². The molecule has 1 atom stereocenters. The van der Waals surface area contributed by atoms with E-state index in [4.69, 9.17) is 23.1 Å². The third-order valence-electron chi connectivity index (χ3n) is 5.83. The Morgan fingerprint density at radius 2 is 1.86 bits per heavy atom. The highest BCUT2D eigenvalue weighted by Gasteiger charge is 2.44. The van der Waals surface area contributed by atoms with Crippen molar-refractivity contribution in [3.63, 3.8) is 0 Å². The molecule has 1 aromatic rings. The Kier molecular flexibility index (Phi) is 7.10. The molecule has 0 spiro atoms. The highest BCUT2D eigenvalue weighted by Crippen LogP contribution is 2.34. The summed E-state index contributed by atoms with van der Waals surface area (Å²) in [6.07, 6.45) is 6.67. The summed E-state index contributed by atoms with van der Waals surface area (Å²) in [7, 11) is 0. The van der Waals surface area contributed by atoms with Crippen LogP contribution in [-0.2, 0) is 6.42 Å². The van der Waals surface area contributed by atoms with Crippen LogP contribution < -0.4 is 22.1 Å². The smallest absolute Gasteiger partial charge is 0.301 e. The molecule has 0 amide bonds. The molecule has 0 saturated heterocycles. The quantitative estimate of drug-likeness (QED) is 0.395. The Morgan fingerprint density at radius 1 is 1.21 bits per heavy atom. The largest absolute Gasteiger partial charge is 0.330 e. The van der Waals surface area contributed by atoms with E-state index >= 15 is 0 Å². The molecule has 3 rings (SSSR count). The zero-order chi connectivity index (χ0) is 20.9. The Morgan fingerprint density at radius 3 is 2.48 bits per heavy atom. The molecule has 1 fully saturated rings. The minimum Gasteiger partial charge on any atom is -0.330 e. The van der Waals surface area contributed by atoms with Crippen molar-refractivity contribution in [3.8, 4) is 0 Å². The third kappa shape index (κ3) is 5.68. The van der Waals surface area contributed by atoms with E-state index in [9.17, 15) is 10.1 Å². The molecule has 0 bridgehead atoms. The number of nitro groups is 1. The number of hydrogen-bond acceptors (Lipinski definition) is 5. The van der Waals surface area contributed by atoms with Crippen LogP contribution >= 0.6 is 11.6 Å². The van der Waals surface area contributed by atoms with Gasteiger partial charge in [-0.25, -0.2) is 0 Å². The van der Waals surface area contributed by atoms with Crippen LogP contribution in [0, 0.1) is 22.0 Å². The molecule has 9 heteroatoms. The van der Waals surface area contributed by atoms with E-state index in [2.05, 4.69) is 15.6 Å². The summed E-state index contributed by atoms with van der Waals surface area (Å²) in [4.78, 5) is 15.6. The first kappa shape index (κ1) is 21.5. The number of hydrogen-bond donors (Lipinski definition) is 4. The molecule has 8 nitrogen and oxygen atoms in total. The van der Waals surface area contributed by atoms with Gasteiger partial charge in [0.05, 0.1) is 11.1 Å². The molecule has 158 valence electrons. The van der Waals surface area contributed by atoms with Gasteiger partial charge in [-0.2, -0.15) is 0 Å². The summed E-state index contributed by atoms with van der Waals surface area (Å²) in [6.45, 7) is 1.23. The van der Waals surface area contributed by atoms with Gasteiger partial charge < -0.3 is 16.4 Å². The Hall–Kier alpha value is -2.16. The van der Waals surface area contributed by atoms with Crippen LogP contribution in [0.4, 0.5) is 0 Å². The average Bonchev–Trinajstić information content (AvgIpc) is 2.69. The van der Waals surface area contributed by atoms with Crippen LogP contribution in [-0.4, -0.2) is 29.6 Å². The number of rotatable bonds is 7. The maximum absolute atomic E-state index is 11.6. The first-order valence-corrected chi connectivity index (χ1v) is 10.4. The Labute approximate surface area is 175 Å². The van der Waals surface area contributed by atoms with E-state index in [-0.39, 0.29) is 5.70 Å². The van der Waals surface area contributed by atoms with Gasteiger partial charge in [0, 0.05) is 11.6 Å². The molecule has 1 saturated carbocycles. The Bertz CT molecular complexity index is 774. The van der Waals surface area contributed by atoms with Gasteiger partial charge in [0.25, 0.3) is 0 Å². The maximum Gasteiger partial charge on any atom is 0.301 e. The zero-order valence-corrected chi connectivity index (χ0v) is 17.2. The second-order valence-corrected chi connectivity index (χ2v) is 8.40. The topological polar surface area (TPSA) is 132 Å². The SMILES string of the molecule is NCC1CCC(CC2(N)NC(=NCCc3ccc(Cl)cc3)NC=C2[N+](=O)[O-])CC1. The molecular weight excluding hydrogens is 392 g/mol. The molecule has 0 radical (unpaired) electrons. The van der Waals surface area contributed by atoms with Crippen LogP contribution in [0.5, 0.6) is 0 Å². The predicted octanol–water partition coefficient (Wildman–Crippen LogP) is 2.36.